The maximum absolute atomic E-state index is 13.8. The number of rotatable bonds is 5. The summed E-state index contributed by atoms with van der Waals surface area (Å²) in [6.45, 7) is 16.3. The minimum Gasteiger partial charge on any atom is -0.444 e. The summed E-state index contributed by atoms with van der Waals surface area (Å²) in [5.74, 6) is 0.0466. The molecule has 2 aliphatic heterocycles. The van der Waals surface area contributed by atoms with E-state index in [1.54, 1.807) is 23.3 Å². The average molecular weight is 529 g/mol. The number of methoxy groups -OCH3 is 1. The van der Waals surface area contributed by atoms with E-state index in [1.165, 1.54) is 4.88 Å². The van der Waals surface area contributed by atoms with E-state index in [1.807, 2.05) is 38.8 Å². The summed E-state index contributed by atoms with van der Waals surface area (Å²) < 4.78 is 11.1. The molecule has 2 aliphatic rings. The number of anilines is 1. The number of ether oxygens (including phenoxy) is 2. The fourth-order valence-corrected chi connectivity index (χ4v) is 6.01. The largest absolute Gasteiger partial charge is 0.444 e. The highest BCUT2D eigenvalue weighted by Gasteiger charge is 2.41. The Morgan fingerprint density at radius 2 is 1.95 bits per heavy atom. The smallest absolute Gasteiger partial charge is 0.410 e. The first-order chi connectivity index (χ1) is 17.3. The van der Waals surface area contributed by atoms with Gasteiger partial charge in [-0.2, -0.15) is 0 Å². The average Bonchev–Trinajstić information content (AvgIpc) is 3.34. The summed E-state index contributed by atoms with van der Waals surface area (Å²) in [4.78, 5) is 39.5. The fourth-order valence-electron chi connectivity index (χ4n) is 5.17. The summed E-state index contributed by atoms with van der Waals surface area (Å²) in [5, 5.41) is 0. The lowest BCUT2D eigenvalue weighted by Gasteiger charge is -2.45. The molecule has 0 bridgehead atoms. The van der Waals surface area contributed by atoms with Gasteiger partial charge in [-0.15, -0.1) is 11.3 Å². The molecule has 9 heteroatoms. The molecule has 2 aromatic rings. The van der Waals surface area contributed by atoms with Crippen molar-refractivity contribution in [3.05, 3.63) is 34.8 Å². The van der Waals surface area contributed by atoms with Crippen LogP contribution in [0.15, 0.2) is 24.4 Å². The van der Waals surface area contributed by atoms with Crippen LogP contribution in [0.25, 0.3) is 10.6 Å². The van der Waals surface area contributed by atoms with Crippen LogP contribution in [-0.2, 0) is 19.7 Å². The molecule has 0 spiro atoms. The summed E-state index contributed by atoms with van der Waals surface area (Å²) in [5.41, 5.74) is 2.18. The van der Waals surface area contributed by atoms with Crippen LogP contribution in [0.1, 0.15) is 52.0 Å². The van der Waals surface area contributed by atoms with Crippen LogP contribution >= 0.6 is 11.3 Å². The van der Waals surface area contributed by atoms with Gasteiger partial charge in [0.2, 0.25) is 5.91 Å². The van der Waals surface area contributed by atoms with Gasteiger partial charge in [-0.25, -0.2) is 4.79 Å². The molecule has 0 aliphatic carbocycles. The standard InChI is InChI=1S/C28H40N4O4S/c1-18-13-30(20(16-35-8)14-31(18)26(34)36-27(3,4)5)15-25(33)32-17-28(6,7)21-12-29-22(11-23(21)32)24-10-9-19(2)37-24/h9-12,18,20H,13-17H2,1-8H3/t18-,20-/m1/s1. The Balaban J connectivity index is 1.54. The molecule has 4 rings (SSSR count). The monoisotopic (exact) mass is 528 g/mol. The summed E-state index contributed by atoms with van der Waals surface area (Å²) in [6.07, 6.45) is 1.61. The maximum Gasteiger partial charge on any atom is 0.410 e. The van der Waals surface area contributed by atoms with Gasteiger partial charge in [-0.1, -0.05) is 13.8 Å². The Hall–Kier alpha value is -2.49. The Bertz CT molecular complexity index is 1160. The van der Waals surface area contributed by atoms with Crippen LogP contribution in [-0.4, -0.2) is 84.4 Å². The Kier molecular flexibility index (Phi) is 7.70. The van der Waals surface area contributed by atoms with Crippen molar-refractivity contribution in [2.45, 2.75) is 71.6 Å². The van der Waals surface area contributed by atoms with Gasteiger partial charge in [0.05, 0.1) is 35.5 Å². The van der Waals surface area contributed by atoms with E-state index < -0.39 is 5.60 Å². The van der Waals surface area contributed by atoms with Gasteiger partial charge in [-0.05, 0) is 52.8 Å². The van der Waals surface area contributed by atoms with E-state index in [2.05, 4.69) is 43.9 Å². The lowest BCUT2D eigenvalue weighted by atomic mass is 9.88. The van der Waals surface area contributed by atoms with E-state index in [-0.39, 0.29) is 36.0 Å². The molecule has 8 nitrogen and oxygen atoms in total. The zero-order valence-electron chi connectivity index (χ0n) is 23.3. The maximum atomic E-state index is 13.8. The highest BCUT2D eigenvalue weighted by atomic mass is 32.1. The van der Waals surface area contributed by atoms with E-state index in [4.69, 9.17) is 14.5 Å². The number of carbonyl (C=O) groups is 2. The number of carbonyl (C=O) groups excluding carboxylic acids is 2. The third-order valence-corrected chi connectivity index (χ3v) is 8.05. The second kappa shape index (κ2) is 10.3. The topological polar surface area (TPSA) is 75.2 Å². The number of amides is 2. The number of thiophene rings is 1. The molecule has 2 aromatic heterocycles. The van der Waals surface area contributed by atoms with Crippen LogP contribution < -0.4 is 4.90 Å². The zero-order chi connectivity index (χ0) is 27.1. The van der Waals surface area contributed by atoms with Gasteiger partial charge in [0, 0.05) is 54.8 Å². The van der Waals surface area contributed by atoms with E-state index in [9.17, 15) is 9.59 Å². The Morgan fingerprint density at radius 3 is 2.57 bits per heavy atom. The van der Waals surface area contributed by atoms with Gasteiger partial charge in [0.25, 0.3) is 0 Å². The van der Waals surface area contributed by atoms with Crippen molar-refractivity contribution in [3.8, 4) is 10.6 Å². The number of pyridine rings is 1. The number of aryl methyl sites for hydroxylation is 1. The van der Waals surface area contributed by atoms with Crippen LogP contribution in [0.2, 0.25) is 0 Å². The van der Waals surface area contributed by atoms with Gasteiger partial charge in [0.15, 0.2) is 0 Å². The molecule has 2 amide bonds. The number of hydrogen-bond acceptors (Lipinski definition) is 7. The van der Waals surface area contributed by atoms with E-state index >= 15 is 0 Å². The number of fused-ring (bicyclic) bond motifs is 1. The molecule has 0 saturated carbocycles. The third kappa shape index (κ3) is 5.99. The van der Waals surface area contributed by atoms with Crippen LogP contribution in [0.5, 0.6) is 0 Å². The first kappa shape index (κ1) is 27.5. The molecule has 1 saturated heterocycles. The number of hydrogen-bond donors (Lipinski definition) is 0. The highest BCUT2D eigenvalue weighted by molar-refractivity contribution is 7.15. The molecule has 37 heavy (non-hydrogen) atoms. The van der Waals surface area contributed by atoms with Crippen LogP contribution in [0.3, 0.4) is 0 Å². The van der Waals surface area contributed by atoms with Crippen molar-refractivity contribution in [3.63, 3.8) is 0 Å². The summed E-state index contributed by atoms with van der Waals surface area (Å²) in [6, 6.07) is 6.05. The number of nitrogens with zero attached hydrogens (tertiary/aromatic N) is 4. The second-order valence-corrected chi connectivity index (χ2v) is 13.2. The molecule has 4 heterocycles. The molecule has 0 unspecified atom stereocenters. The van der Waals surface area contributed by atoms with Gasteiger partial charge < -0.3 is 19.3 Å². The van der Waals surface area contributed by atoms with Crippen LogP contribution in [0.4, 0.5) is 10.5 Å². The van der Waals surface area contributed by atoms with E-state index in [0.717, 1.165) is 21.8 Å². The zero-order valence-corrected chi connectivity index (χ0v) is 24.1. The first-order valence-electron chi connectivity index (χ1n) is 12.9. The Labute approximate surface area is 224 Å². The molecule has 2 atom stereocenters. The van der Waals surface area contributed by atoms with Crippen molar-refractivity contribution >= 4 is 29.0 Å². The molecule has 202 valence electrons. The minimum absolute atomic E-state index is 0.0466. The molecule has 1 fully saturated rings. The highest BCUT2D eigenvalue weighted by Crippen LogP contribution is 2.42. The second-order valence-electron chi connectivity index (χ2n) is 11.9. The molecule has 0 aromatic carbocycles. The van der Waals surface area contributed by atoms with Gasteiger partial charge >= 0.3 is 6.09 Å². The summed E-state index contributed by atoms with van der Waals surface area (Å²) >= 11 is 1.71. The van der Waals surface area contributed by atoms with Crippen molar-refractivity contribution in [2.24, 2.45) is 0 Å². The fraction of sp³-hybridized carbons (Fsp3) is 0.607. The third-order valence-electron chi connectivity index (χ3n) is 7.03. The van der Waals surface area contributed by atoms with Crippen molar-refractivity contribution in [1.29, 1.82) is 0 Å². The van der Waals surface area contributed by atoms with Crippen molar-refractivity contribution in [2.75, 3.05) is 44.8 Å². The van der Waals surface area contributed by atoms with Crippen molar-refractivity contribution in [1.82, 2.24) is 14.8 Å². The van der Waals surface area contributed by atoms with Gasteiger partial charge in [-0.3, -0.25) is 14.7 Å². The predicted octanol–water partition coefficient (Wildman–Crippen LogP) is 4.70. The molecular weight excluding hydrogens is 488 g/mol. The van der Waals surface area contributed by atoms with Crippen molar-refractivity contribution < 1.29 is 19.1 Å². The first-order valence-corrected chi connectivity index (χ1v) is 13.7. The quantitative estimate of drug-likeness (QED) is 0.560. The molecule has 0 radical (unpaired) electrons. The molecular formula is C28H40N4O4S. The minimum atomic E-state index is -0.563. The van der Waals surface area contributed by atoms with E-state index in [0.29, 0.717) is 26.2 Å². The van der Waals surface area contributed by atoms with Crippen LogP contribution in [0, 0.1) is 6.92 Å². The lowest BCUT2D eigenvalue weighted by molar-refractivity contribution is -0.121. The summed E-state index contributed by atoms with van der Waals surface area (Å²) in [7, 11) is 1.65. The SMILES string of the molecule is COC[C@H]1CN(C(=O)OC(C)(C)C)[C@H](C)CN1CC(=O)N1CC(C)(C)c2cnc(-c3ccc(C)s3)cc21. The number of aromatic nitrogens is 1. The lowest BCUT2D eigenvalue weighted by Crippen LogP contribution is -2.62. The molecule has 0 N–H and O–H groups in total. The van der Waals surface area contributed by atoms with Gasteiger partial charge in [0.1, 0.15) is 5.60 Å². The Morgan fingerprint density at radius 1 is 1.22 bits per heavy atom. The predicted molar refractivity (Wildman–Crippen MR) is 147 cm³/mol. The normalized spacial score (nSPS) is 21.7. The number of piperazine rings is 1.